The van der Waals surface area contributed by atoms with Gasteiger partial charge in [0, 0.05) is 0 Å². The summed E-state index contributed by atoms with van der Waals surface area (Å²) in [5.41, 5.74) is 0.0139. The minimum atomic E-state index is -0.449. The Morgan fingerprint density at radius 2 is 2.06 bits per heavy atom. The topological polar surface area (TPSA) is 51.5 Å². The number of hydrogen-bond acceptors (Lipinski definition) is 4. The lowest BCUT2D eigenvalue weighted by Gasteiger charge is -2.28. The zero-order valence-electron chi connectivity index (χ0n) is 10.5. The smallest absolute Gasteiger partial charge is 0.373 e. The molecule has 4 nitrogen and oxygen atoms in total. The van der Waals surface area contributed by atoms with E-state index in [2.05, 4.69) is 30.8 Å². The molecule has 4 heteroatoms. The minimum absolute atomic E-state index is 0.0139. The minimum Gasteiger partial charge on any atom is -0.463 e. The number of esters is 1. The quantitative estimate of drug-likeness (QED) is 0.802. The largest absolute Gasteiger partial charge is 0.463 e. The van der Waals surface area contributed by atoms with Gasteiger partial charge in [0.1, 0.15) is 5.76 Å². The van der Waals surface area contributed by atoms with Gasteiger partial charge in [0.2, 0.25) is 5.76 Å². The van der Waals surface area contributed by atoms with Crippen molar-refractivity contribution in [2.45, 2.75) is 26.8 Å². The number of hydrogen-bond donors (Lipinski definition) is 1. The maximum Gasteiger partial charge on any atom is 0.373 e. The van der Waals surface area contributed by atoms with E-state index < -0.39 is 5.97 Å². The van der Waals surface area contributed by atoms with Crippen LogP contribution >= 0.6 is 0 Å². The Hall–Kier alpha value is -1.29. The van der Waals surface area contributed by atoms with Gasteiger partial charge in [-0.25, -0.2) is 4.79 Å². The van der Waals surface area contributed by atoms with Crippen molar-refractivity contribution in [2.75, 3.05) is 14.2 Å². The van der Waals surface area contributed by atoms with Crippen LogP contribution in [0.2, 0.25) is 0 Å². The highest BCUT2D eigenvalue weighted by atomic mass is 16.5. The molecule has 1 aromatic heterocycles. The zero-order valence-corrected chi connectivity index (χ0v) is 10.5. The van der Waals surface area contributed by atoms with Gasteiger partial charge in [0.15, 0.2) is 0 Å². The molecule has 1 N–H and O–H groups in total. The van der Waals surface area contributed by atoms with Gasteiger partial charge in [-0.3, -0.25) is 0 Å². The molecular formula is C12H19NO3. The van der Waals surface area contributed by atoms with Crippen LogP contribution in [0.15, 0.2) is 16.5 Å². The second-order valence-electron chi connectivity index (χ2n) is 4.78. The SMILES string of the molecule is CNC(c1ccc(C(=O)OC)o1)C(C)(C)C. The van der Waals surface area contributed by atoms with E-state index >= 15 is 0 Å². The Morgan fingerprint density at radius 3 is 2.50 bits per heavy atom. The van der Waals surface area contributed by atoms with Crippen molar-refractivity contribution in [3.05, 3.63) is 23.7 Å². The molecule has 16 heavy (non-hydrogen) atoms. The van der Waals surface area contributed by atoms with Crippen molar-refractivity contribution in [3.63, 3.8) is 0 Å². The number of nitrogens with one attached hydrogen (secondary N) is 1. The Balaban J connectivity index is 2.96. The van der Waals surface area contributed by atoms with Gasteiger partial charge in [0.05, 0.1) is 13.2 Å². The van der Waals surface area contributed by atoms with Crippen LogP contribution in [-0.2, 0) is 4.74 Å². The molecule has 1 unspecified atom stereocenters. The van der Waals surface area contributed by atoms with Gasteiger partial charge in [-0.1, -0.05) is 20.8 Å². The van der Waals surface area contributed by atoms with Crippen molar-refractivity contribution in [1.82, 2.24) is 5.32 Å². The maximum absolute atomic E-state index is 11.3. The van der Waals surface area contributed by atoms with E-state index in [0.717, 1.165) is 5.76 Å². The molecule has 0 spiro atoms. The molecule has 0 amide bonds. The predicted octanol–water partition coefficient (Wildman–Crippen LogP) is 2.37. The maximum atomic E-state index is 11.3. The van der Waals surface area contributed by atoms with Crippen LogP contribution in [0, 0.1) is 5.41 Å². The highest BCUT2D eigenvalue weighted by Crippen LogP contribution is 2.33. The second-order valence-corrected chi connectivity index (χ2v) is 4.78. The van der Waals surface area contributed by atoms with E-state index in [-0.39, 0.29) is 17.2 Å². The molecule has 0 aliphatic heterocycles. The summed E-state index contributed by atoms with van der Waals surface area (Å²) in [5, 5.41) is 3.18. The molecule has 0 aliphatic rings. The first-order valence-corrected chi connectivity index (χ1v) is 5.25. The van der Waals surface area contributed by atoms with Gasteiger partial charge in [-0.2, -0.15) is 0 Å². The number of rotatable bonds is 3. The Morgan fingerprint density at radius 1 is 1.44 bits per heavy atom. The predicted molar refractivity (Wildman–Crippen MR) is 61.3 cm³/mol. The van der Waals surface area contributed by atoms with Crippen LogP contribution in [0.5, 0.6) is 0 Å². The Labute approximate surface area is 96.0 Å². The Kier molecular flexibility index (Phi) is 3.75. The van der Waals surface area contributed by atoms with Gasteiger partial charge >= 0.3 is 5.97 Å². The zero-order chi connectivity index (χ0) is 12.3. The Bertz CT molecular complexity index is 363. The summed E-state index contributed by atoms with van der Waals surface area (Å²) in [7, 11) is 3.21. The van der Waals surface area contributed by atoms with E-state index in [1.165, 1.54) is 7.11 Å². The van der Waals surface area contributed by atoms with Crippen molar-refractivity contribution in [1.29, 1.82) is 0 Å². The molecule has 0 fully saturated rings. The molecule has 0 bridgehead atoms. The molecule has 1 heterocycles. The van der Waals surface area contributed by atoms with Crippen molar-refractivity contribution in [3.8, 4) is 0 Å². The molecule has 0 saturated carbocycles. The number of methoxy groups -OCH3 is 1. The van der Waals surface area contributed by atoms with E-state index in [9.17, 15) is 4.79 Å². The van der Waals surface area contributed by atoms with Crippen LogP contribution < -0.4 is 5.32 Å². The second kappa shape index (κ2) is 4.70. The normalized spacial score (nSPS) is 13.6. The number of furan rings is 1. The fourth-order valence-corrected chi connectivity index (χ4v) is 1.72. The summed E-state index contributed by atoms with van der Waals surface area (Å²) in [6, 6.07) is 3.50. The molecule has 1 rings (SSSR count). The number of carbonyl (C=O) groups is 1. The van der Waals surface area contributed by atoms with Crippen LogP contribution in [0.1, 0.15) is 43.1 Å². The third-order valence-electron chi connectivity index (χ3n) is 2.45. The first kappa shape index (κ1) is 12.8. The first-order valence-electron chi connectivity index (χ1n) is 5.25. The standard InChI is InChI=1S/C12H19NO3/c1-12(2,3)10(13-4)8-6-7-9(16-8)11(14)15-5/h6-7,10,13H,1-5H3. The first-order chi connectivity index (χ1) is 7.40. The fourth-order valence-electron chi connectivity index (χ4n) is 1.72. The van der Waals surface area contributed by atoms with Crippen molar-refractivity contribution >= 4 is 5.97 Å². The number of carbonyl (C=O) groups excluding carboxylic acids is 1. The summed E-state index contributed by atoms with van der Waals surface area (Å²) in [6.45, 7) is 6.32. The van der Waals surface area contributed by atoms with Gasteiger partial charge in [0.25, 0.3) is 0 Å². The molecule has 0 saturated heterocycles. The third-order valence-corrected chi connectivity index (χ3v) is 2.45. The lowest BCUT2D eigenvalue weighted by atomic mass is 9.85. The van der Waals surface area contributed by atoms with E-state index in [1.54, 1.807) is 12.1 Å². The van der Waals surface area contributed by atoms with Crippen molar-refractivity contribution in [2.24, 2.45) is 5.41 Å². The third kappa shape index (κ3) is 2.64. The van der Waals surface area contributed by atoms with E-state index in [4.69, 9.17) is 4.42 Å². The highest BCUT2D eigenvalue weighted by molar-refractivity contribution is 5.86. The van der Waals surface area contributed by atoms with Gasteiger partial charge in [-0.15, -0.1) is 0 Å². The van der Waals surface area contributed by atoms with E-state index in [1.807, 2.05) is 7.05 Å². The van der Waals surface area contributed by atoms with Crippen LogP contribution in [0.4, 0.5) is 0 Å². The molecule has 0 aromatic carbocycles. The summed E-state index contributed by atoms with van der Waals surface area (Å²) < 4.78 is 10.1. The molecule has 1 aromatic rings. The monoisotopic (exact) mass is 225 g/mol. The molecular weight excluding hydrogens is 206 g/mol. The summed E-state index contributed by atoms with van der Waals surface area (Å²) in [4.78, 5) is 11.3. The average molecular weight is 225 g/mol. The number of ether oxygens (including phenoxy) is 1. The summed E-state index contributed by atoms with van der Waals surface area (Å²) in [5.74, 6) is 0.535. The highest BCUT2D eigenvalue weighted by Gasteiger charge is 2.28. The van der Waals surface area contributed by atoms with Crippen molar-refractivity contribution < 1.29 is 13.9 Å². The summed E-state index contributed by atoms with van der Waals surface area (Å²) >= 11 is 0. The molecule has 90 valence electrons. The fraction of sp³-hybridized carbons (Fsp3) is 0.583. The average Bonchev–Trinajstić information content (AvgIpc) is 2.64. The van der Waals surface area contributed by atoms with Gasteiger partial charge < -0.3 is 14.5 Å². The van der Waals surface area contributed by atoms with Crippen LogP contribution in [0.3, 0.4) is 0 Å². The molecule has 0 radical (unpaired) electrons. The van der Waals surface area contributed by atoms with Crippen LogP contribution in [0.25, 0.3) is 0 Å². The lowest BCUT2D eigenvalue weighted by molar-refractivity contribution is 0.0559. The molecule has 1 atom stereocenters. The lowest BCUT2D eigenvalue weighted by Crippen LogP contribution is -2.29. The molecule has 0 aliphatic carbocycles. The summed E-state index contributed by atoms with van der Waals surface area (Å²) in [6.07, 6.45) is 0. The van der Waals surface area contributed by atoms with E-state index in [0.29, 0.717) is 0 Å². The van der Waals surface area contributed by atoms with Gasteiger partial charge in [-0.05, 0) is 24.6 Å². The van der Waals surface area contributed by atoms with Crippen LogP contribution in [-0.4, -0.2) is 20.1 Å².